The Morgan fingerprint density at radius 2 is 2.00 bits per heavy atom. The molecule has 0 saturated carbocycles. The highest BCUT2D eigenvalue weighted by Crippen LogP contribution is 2.24. The Hall–Kier alpha value is -0.900. The molecular weight excluding hydrogens is 248 g/mol. The molecule has 0 spiro atoms. The third-order valence-electron chi connectivity index (χ3n) is 4.41. The van der Waals surface area contributed by atoms with Crippen LogP contribution in [0, 0.1) is 5.92 Å². The number of nitrogens with zero attached hydrogens (tertiary/aromatic N) is 1. The molecule has 1 aliphatic rings. The van der Waals surface area contributed by atoms with Crippen LogP contribution in [0.4, 0.5) is 0 Å². The van der Waals surface area contributed by atoms with Gasteiger partial charge in [0.2, 0.25) is 0 Å². The summed E-state index contributed by atoms with van der Waals surface area (Å²) in [5.41, 5.74) is 7.37. The van der Waals surface area contributed by atoms with Gasteiger partial charge in [-0.15, -0.1) is 0 Å². The molecule has 0 amide bonds. The second kappa shape index (κ2) is 7.21. The van der Waals surface area contributed by atoms with Gasteiger partial charge in [-0.05, 0) is 37.3 Å². The van der Waals surface area contributed by atoms with E-state index in [9.17, 15) is 5.11 Å². The molecule has 20 heavy (non-hydrogen) atoms. The zero-order valence-corrected chi connectivity index (χ0v) is 12.7. The molecule has 3 N–H and O–H groups in total. The van der Waals surface area contributed by atoms with E-state index in [1.54, 1.807) is 0 Å². The first kappa shape index (κ1) is 15.5. The third-order valence-corrected chi connectivity index (χ3v) is 4.41. The molecule has 3 heteroatoms. The van der Waals surface area contributed by atoms with Crippen molar-refractivity contribution in [1.82, 2.24) is 4.90 Å². The van der Waals surface area contributed by atoms with Crippen molar-refractivity contribution < 1.29 is 5.11 Å². The Morgan fingerprint density at radius 3 is 2.65 bits per heavy atom. The largest absolute Gasteiger partial charge is 0.390 e. The Balaban J connectivity index is 1.86. The summed E-state index contributed by atoms with van der Waals surface area (Å²) in [6.07, 6.45) is 2.78. The van der Waals surface area contributed by atoms with Gasteiger partial charge in [-0.25, -0.2) is 0 Å². The molecule has 0 bridgehead atoms. The lowest BCUT2D eigenvalue weighted by molar-refractivity contribution is 0.0757. The SMILES string of the molecule is CC(C)C1CCCN1CC(O)C(N)Cc1ccccc1. The maximum atomic E-state index is 10.4. The van der Waals surface area contributed by atoms with Gasteiger partial charge in [-0.3, -0.25) is 4.90 Å². The van der Waals surface area contributed by atoms with E-state index in [1.807, 2.05) is 18.2 Å². The molecule has 1 aliphatic heterocycles. The summed E-state index contributed by atoms with van der Waals surface area (Å²) in [6.45, 7) is 6.33. The minimum absolute atomic E-state index is 0.189. The minimum Gasteiger partial charge on any atom is -0.390 e. The van der Waals surface area contributed by atoms with Crippen LogP contribution in [0.5, 0.6) is 0 Å². The van der Waals surface area contributed by atoms with Crippen molar-refractivity contribution >= 4 is 0 Å². The van der Waals surface area contributed by atoms with Crippen molar-refractivity contribution in [2.24, 2.45) is 11.7 Å². The highest BCUT2D eigenvalue weighted by atomic mass is 16.3. The van der Waals surface area contributed by atoms with E-state index >= 15 is 0 Å². The molecule has 1 aromatic carbocycles. The van der Waals surface area contributed by atoms with E-state index in [0.29, 0.717) is 18.5 Å². The maximum absolute atomic E-state index is 10.4. The first-order valence-electron chi connectivity index (χ1n) is 7.79. The summed E-state index contributed by atoms with van der Waals surface area (Å²) in [6, 6.07) is 10.6. The van der Waals surface area contributed by atoms with Crippen molar-refractivity contribution in [1.29, 1.82) is 0 Å². The van der Waals surface area contributed by atoms with Gasteiger partial charge in [0, 0.05) is 18.6 Å². The Bertz CT molecular complexity index is 393. The number of hydrogen-bond acceptors (Lipinski definition) is 3. The summed E-state index contributed by atoms with van der Waals surface area (Å²) in [5.74, 6) is 0.648. The first-order valence-corrected chi connectivity index (χ1v) is 7.79. The van der Waals surface area contributed by atoms with Crippen LogP contribution in [0.2, 0.25) is 0 Å². The fourth-order valence-electron chi connectivity index (χ4n) is 3.23. The summed E-state index contributed by atoms with van der Waals surface area (Å²) < 4.78 is 0. The molecule has 3 atom stereocenters. The maximum Gasteiger partial charge on any atom is 0.0821 e. The highest BCUT2D eigenvalue weighted by molar-refractivity contribution is 5.16. The number of hydrogen-bond donors (Lipinski definition) is 2. The second-order valence-corrected chi connectivity index (χ2v) is 6.37. The van der Waals surface area contributed by atoms with Crippen LogP contribution in [-0.4, -0.2) is 41.3 Å². The van der Waals surface area contributed by atoms with Gasteiger partial charge < -0.3 is 10.8 Å². The molecule has 1 aromatic rings. The predicted molar refractivity (Wildman–Crippen MR) is 83.6 cm³/mol. The van der Waals surface area contributed by atoms with E-state index in [-0.39, 0.29) is 6.04 Å². The van der Waals surface area contributed by atoms with Gasteiger partial charge in [-0.1, -0.05) is 44.2 Å². The zero-order valence-electron chi connectivity index (χ0n) is 12.7. The van der Waals surface area contributed by atoms with Crippen LogP contribution in [0.3, 0.4) is 0 Å². The van der Waals surface area contributed by atoms with Crippen LogP contribution >= 0.6 is 0 Å². The van der Waals surface area contributed by atoms with Gasteiger partial charge in [0.05, 0.1) is 6.10 Å². The molecule has 0 radical (unpaired) electrons. The van der Waals surface area contributed by atoms with Crippen LogP contribution in [-0.2, 0) is 6.42 Å². The average molecular weight is 276 g/mol. The van der Waals surface area contributed by atoms with Crippen molar-refractivity contribution in [2.45, 2.75) is 51.3 Å². The van der Waals surface area contributed by atoms with Crippen molar-refractivity contribution in [3.05, 3.63) is 35.9 Å². The van der Waals surface area contributed by atoms with E-state index in [2.05, 4.69) is 30.9 Å². The molecule has 3 unspecified atom stereocenters. The molecule has 3 nitrogen and oxygen atoms in total. The van der Waals surface area contributed by atoms with Crippen molar-refractivity contribution in [2.75, 3.05) is 13.1 Å². The normalized spacial score (nSPS) is 23.1. The van der Waals surface area contributed by atoms with Crippen LogP contribution in [0.15, 0.2) is 30.3 Å². The molecule has 1 saturated heterocycles. The second-order valence-electron chi connectivity index (χ2n) is 6.37. The molecule has 1 heterocycles. The molecule has 112 valence electrons. The smallest absolute Gasteiger partial charge is 0.0821 e. The van der Waals surface area contributed by atoms with Crippen LogP contribution < -0.4 is 5.73 Å². The highest BCUT2D eigenvalue weighted by Gasteiger charge is 2.29. The first-order chi connectivity index (χ1) is 9.58. The summed E-state index contributed by atoms with van der Waals surface area (Å²) in [4.78, 5) is 2.42. The fourth-order valence-corrected chi connectivity index (χ4v) is 3.23. The predicted octanol–water partition coefficient (Wildman–Crippen LogP) is 2.04. The van der Waals surface area contributed by atoms with Crippen LogP contribution in [0.25, 0.3) is 0 Å². The monoisotopic (exact) mass is 276 g/mol. The molecule has 1 fully saturated rings. The number of likely N-dealkylation sites (tertiary alicyclic amines) is 1. The van der Waals surface area contributed by atoms with Gasteiger partial charge >= 0.3 is 0 Å². The topological polar surface area (TPSA) is 49.5 Å². The number of benzene rings is 1. The van der Waals surface area contributed by atoms with Gasteiger partial charge in [0.15, 0.2) is 0 Å². The fraction of sp³-hybridized carbons (Fsp3) is 0.647. The van der Waals surface area contributed by atoms with E-state index in [4.69, 9.17) is 5.73 Å². The standard InChI is InChI=1S/C17H28N2O/c1-13(2)16-9-6-10-19(16)12-17(20)15(18)11-14-7-4-3-5-8-14/h3-5,7-8,13,15-17,20H,6,9-12,18H2,1-2H3. The zero-order chi connectivity index (χ0) is 14.5. The number of aliphatic hydroxyl groups excluding tert-OH is 1. The van der Waals surface area contributed by atoms with Crippen molar-refractivity contribution in [3.63, 3.8) is 0 Å². The van der Waals surface area contributed by atoms with Gasteiger partial charge in [0.1, 0.15) is 0 Å². The molecule has 2 rings (SSSR count). The Morgan fingerprint density at radius 1 is 1.30 bits per heavy atom. The van der Waals surface area contributed by atoms with E-state index < -0.39 is 6.10 Å². The number of rotatable bonds is 6. The lowest BCUT2D eigenvalue weighted by Gasteiger charge is -2.31. The molecule has 0 aromatic heterocycles. The number of nitrogens with two attached hydrogens (primary N) is 1. The Labute approximate surface area is 122 Å². The van der Waals surface area contributed by atoms with E-state index in [1.165, 1.54) is 18.4 Å². The summed E-state index contributed by atoms with van der Waals surface area (Å²) >= 11 is 0. The quantitative estimate of drug-likeness (QED) is 0.836. The van der Waals surface area contributed by atoms with Gasteiger partial charge in [0.25, 0.3) is 0 Å². The lowest BCUT2D eigenvalue weighted by Crippen LogP contribution is -2.47. The van der Waals surface area contributed by atoms with Crippen LogP contribution in [0.1, 0.15) is 32.3 Å². The van der Waals surface area contributed by atoms with Crippen molar-refractivity contribution in [3.8, 4) is 0 Å². The van der Waals surface area contributed by atoms with E-state index in [0.717, 1.165) is 13.0 Å². The molecule has 0 aliphatic carbocycles. The third kappa shape index (κ3) is 4.05. The average Bonchev–Trinajstić information content (AvgIpc) is 2.88. The number of β-amino-alcohol motifs (C(OH)–C–C–N with tert-alkyl or cyclic N) is 1. The Kier molecular flexibility index (Phi) is 5.58. The van der Waals surface area contributed by atoms with Gasteiger partial charge in [-0.2, -0.15) is 0 Å². The summed E-state index contributed by atoms with van der Waals surface area (Å²) in [7, 11) is 0. The summed E-state index contributed by atoms with van der Waals surface area (Å²) in [5, 5.41) is 10.4. The number of aliphatic hydroxyl groups is 1. The molecular formula is C17H28N2O. The lowest BCUT2D eigenvalue weighted by atomic mass is 9.99. The minimum atomic E-state index is -0.449.